The molecule has 1 aromatic heterocycles. The Bertz CT molecular complexity index is 363. The van der Waals surface area contributed by atoms with E-state index in [9.17, 15) is 0 Å². The second-order valence-corrected chi connectivity index (χ2v) is 5.21. The van der Waals surface area contributed by atoms with Crippen LogP contribution < -0.4 is 10.6 Å². The molecule has 0 aliphatic heterocycles. The Morgan fingerprint density at radius 2 is 1.85 bits per heavy atom. The molecule has 0 radical (unpaired) electrons. The average molecular weight is 278 g/mol. The van der Waals surface area contributed by atoms with Crippen LogP contribution in [0.25, 0.3) is 0 Å². The molecule has 0 amide bonds. The molecular weight excluding hydrogens is 248 g/mol. The maximum absolute atomic E-state index is 4.26. The maximum atomic E-state index is 4.26. The zero-order valence-corrected chi connectivity index (χ0v) is 13.4. The van der Waals surface area contributed by atoms with Crippen LogP contribution in [0.5, 0.6) is 0 Å². The third-order valence-corrected chi connectivity index (χ3v) is 3.54. The van der Waals surface area contributed by atoms with Gasteiger partial charge in [-0.3, -0.25) is 4.98 Å². The molecule has 20 heavy (non-hydrogen) atoms. The Hall–Kier alpha value is -1.29. The summed E-state index contributed by atoms with van der Waals surface area (Å²) in [6.07, 6.45) is 6.17. The summed E-state index contributed by atoms with van der Waals surface area (Å²) >= 11 is 0. The van der Waals surface area contributed by atoms with Crippen molar-refractivity contribution in [3.63, 3.8) is 0 Å². The van der Waals surface area contributed by atoms with E-state index in [1.54, 1.807) is 0 Å². The van der Waals surface area contributed by atoms with Gasteiger partial charge in [0.05, 0.1) is 23.8 Å². The number of hydrogen-bond donors (Lipinski definition) is 2. The number of pyridine rings is 1. The van der Waals surface area contributed by atoms with Crippen LogP contribution >= 0.6 is 0 Å². The molecule has 0 spiro atoms. The van der Waals surface area contributed by atoms with E-state index in [0.717, 1.165) is 31.0 Å². The number of anilines is 2. The molecule has 114 valence electrons. The van der Waals surface area contributed by atoms with Gasteiger partial charge in [-0.1, -0.05) is 13.8 Å². The lowest BCUT2D eigenvalue weighted by Gasteiger charge is -2.20. The van der Waals surface area contributed by atoms with Crippen LogP contribution in [0.2, 0.25) is 0 Å². The van der Waals surface area contributed by atoms with E-state index in [1.807, 2.05) is 12.4 Å². The number of rotatable bonds is 10. The van der Waals surface area contributed by atoms with Gasteiger partial charge in [-0.15, -0.1) is 0 Å². The van der Waals surface area contributed by atoms with E-state index in [0.29, 0.717) is 6.04 Å². The number of nitrogens with one attached hydrogen (secondary N) is 2. The monoisotopic (exact) mass is 278 g/mol. The Morgan fingerprint density at radius 1 is 1.15 bits per heavy atom. The minimum atomic E-state index is 0.476. The van der Waals surface area contributed by atoms with Gasteiger partial charge in [-0.25, -0.2) is 0 Å². The van der Waals surface area contributed by atoms with E-state index in [4.69, 9.17) is 0 Å². The summed E-state index contributed by atoms with van der Waals surface area (Å²) < 4.78 is 0. The van der Waals surface area contributed by atoms with E-state index < -0.39 is 0 Å². The Labute approximate surface area is 124 Å². The van der Waals surface area contributed by atoms with Crippen molar-refractivity contribution < 1.29 is 0 Å². The normalized spacial score (nSPS) is 12.4. The minimum absolute atomic E-state index is 0.476. The lowest BCUT2D eigenvalue weighted by Crippen LogP contribution is -2.25. The van der Waals surface area contributed by atoms with Gasteiger partial charge in [0.2, 0.25) is 0 Å². The van der Waals surface area contributed by atoms with Crippen LogP contribution in [0.15, 0.2) is 18.5 Å². The fourth-order valence-electron chi connectivity index (χ4n) is 2.34. The summed E-state index contributed by atoms with van der Waals surface area (Å²) in [6, 6.07) is 2.60. The first-order valence-corrected chi connectivity index (χ1v) is 7.87. The molecule has 0 aliphatic rings. The van der Waals surface area contributed by atoms with Gasteiger partial charge in [0.25, 0.3) is 0 Å². The van der Waals surface area contributed by atoms with Crippen LogP contribution in [-0.2, 0) is 0 Å². The lowest BCUT2D eigenvalue weighted by atomic mass is 10.1. The van der Waals surface area contributed by atoms with Gasteiger partial charge in [-0.05, 0) is 52.4 Å². The highest BCUT2D eigenvalue weighted by atomic mass is 15.1. The third-order valence-electron chi connectivity index (χ3n) is 3.54. The van der Waals surface area contributed by atoms with Crippen LogP contribution in [0.1, 0.15) is 40.5 Å². The molecule has 1 aromatic rings. The first-order valence-electron chi connectivity index (χ1n) is 7.87. The van der Waals surface area contributed by atoms with Crippen molar-refractivity contribution in [2.24, 2.45) is 0 Å². The lowest BCUT2D eigenvalue weighted by molar-refractivity contribution is 0.295. The van der Waals surface area contributed by atoms with Gasteiger partial charge in [-0.2, -0.15) is 0 Å². The quantitative estimate of drug-likeness (QED) is 0.688. The van der Waals surface area contributed by atoms with Crippen LogP contribution in [0, 0.1) is 0 Å². The predicted molar refractivity (Wildman–Crippen MR) is 88.5 cm³/mol. The van der Waals surface area contributed by atoms with Crippen molar-refractivity contribution in [3.8, 4) is 0 Å². The Kier molecular flexibility index (Phi) is 8.04. The summed E-state index contributed by atoms with van der Waals surface area (Å²) in [4.78, 5) is 6.73. The highest BCUT2D eigenvalue weighted by Crippen LogP contribution is 2.15. The summed E-state index contributed by atoms with van der Waals surface area (Å²) in [7, 11) is 0. The largest absolute Gasteiger partial charge is 0.384 e. The predicted octanol–water partition coefficient (Wildman–Crippen LogP) is 3.44. The van der Waals surface area contributed by atoms with E-state index in [2.05, 4.69) is 54.3 Å². The fourth-order valence-corrected chi connectivity index (χ4v) is 2.34. The second-order valence-electron chi connectivity index (χ2n) is 5.21. The average Bonchev–Trinajstić information content (AvgIpc) is 2.44. The summed E-state index contributed by atoms with van der Waals surface area (Å²) in [5.74, 6) is 0. The molecular formula is C16H30N4. The van der Waals surface area contributed by atoms with Crippen molar-refractivity contribution >= 4 is 11.4 Å². The first-order chi connectivity index (χ1) is 9.69. The molecule has 1 heterocycles. The summed E-state index contributed by atoms with van der Waals surface area (Å²) in [5.41, 5.74) is 2.17. The first kappa shape index (κ1) is 16.8. The van der Waals surface area contributed by atoms with Gasteiger partial charge >= 0.3 is 0 Å². The van der Waals surface area contributed by atoms with Crippen molar-refractivity contribution in [3.05, 3.63) is 18.5 Å². The molecule has 0 aliphatic carbocycles. The fraction of sp³-hybridized carbons (Fsp3) is 0.688. The van der Waals surface area contributed by atoms with Crippen molar-refractivity contribution in [1.29, 1.82) is 0 Å². The van der Waals surface area contributed by atoms with Crippen molar-refractivity contribution in [2.75, 3.05) is 36.8 Å². The highest BCUT2D eigenvalue weighted by Gasteiger charge is 2.05. The Morgan fingerprint density at radius 3 is 2.50 bits per heavy atom. The van der Waals surface area contributed by atoms with Gasteiger partial charge < -0.3 is 15.5 Å². The third kappa shape index (κ3) is 6.24. The molecule has 0 saturated heterocycles. The van der Waals surface area contributed by atoms with Gasteiger partial charge in [0, 0.05) is 12.6 Å². The van der Waals surface area contributed by atoms with Crippen LogP contribution in [-0.4, -0.2) is 42.1 Å². The molecule has 0 aromatic carbocycles. The Balaban J connectivity index is 2.34. The number of hydrogen-bond acceptors (Lipinski definition) is 4. The van der Waals surface area contributed by atoms with Crippen LogP contribution in [0.4, 0.5) is 11.4 Å². The van der Waals surface area contributed by atoms with Crippen LogP contribution in [0.3, 0.4) is 0 Å². The molecule has 0 fully saturated rings. The maximum Gasteiger partial charge on any atom is 0.0549 e. The molecule has 4 nitrogen and oxygen atoms in total. The van der Waals surface area contributed by atoms with E-state index >= 15 is 0 Å². The summed E-state index contributed by atoms with van der Waals surface area (Å²) in [5, 5.41) is 6.81. The summed E-state index contributed by atoms with van der Waals surface area (Å²) in [6.45, 7) is 13.2. The van der Waals surface area contributed by atoms with E-state index in [-0.39, 0.29) is 0 Å². The smallest absolute Gasteiger partial charge is 0.0549 e. The molecule has 1 atom stereocenters. The van der Waals surface area contributed by atoms with Crippen molar-refractivity contribution in [1.82, 2.24) is 9.88 Å². The molecule has 0 saturated carbocycles. The second kappa shape index (κ2) is 9.59. The highest BCUT2D eigenvalue weighted by molar-refractivity contribution is 5.54. The standard InChI is InChI=1S/C16H30N4/c1-5-18-15-11-16(13-17-12-15)19-14(4)9-8-10-20(6-2)7-3/h11-14,18-19H,5-10H2,1-4H3. The molecule has 1 unspecified atom stereocenters. The molecule has 4 heteroatoms. The number of aromatic nitrogens is 1. The van der Waals surface area contributed by atoms with Crippen molar-refractivity contribution in [2.45, 2.75) is 46.6 Å². The molecule has 0 bridgehead atoms. The van der Waals surface area contributed by atoms with E-state index in [1.165, 1.54) is 19.4 Å². The SMILES string of the molecule is CCNc1cncc(NC(C)CCCN(CC)CC)c1. The number of nitrogens with zero attached hydrogens (tertiary/aromatic N) is 2. The van der Waals surface area contributed by atoms with Gasteiger partial charge in [0.1, 0.15) is 0 Å². The minimum Gasteiger partial charge on any atom is -0.384 e. The zero-order valence-electron chi connectivity index (χ0n) is 13.4. The molecule has 1 rings (SSSR count). The topological polar surface area (TPSA) is 40.2 Å². The van der Waals surface area contributed by atoms with Gasteiger partial charge in [0.15, 0.2) is 0 Å². The zero-order chi connectivity index (χ0) is 14.8. The molecule has 2 N–H and O–H groups in total.